The predicted molar refractivity (Wildman–Crippen MR) is 133 cm³/mol. The summed E-state index contributed by atoms with van der Waals surface area (Å²) >= 11 is 0. The molecule has 194 valence electrons. The van der Waals surface area contributed by atoms with Crippen LogP contribution in [0.25, 0.3) is 11.3 Å². The number of amides is 1. The van der Waals surface area contributed by atoms with E-state index in [4.69, 9.17) is 11.5 Å². The minimum absolute atomic E-state index is 0.0740. The molecule has 3 aromatic rings. The van der Waals surface area contributed by atoms with Crippen LogP contribution in [0, 0.1) is 23.4 Å². The molecular formula is C26H27F3N6O2. The Bertz CT molecular complexity index is 1350. The highest BCUT2D eigenvalue weighted by Gasteiger charge is 2.33. The van der Waals surface area contributed by atoms with Crippen molar-refractivity contribution in [3.63, 3.8) is 0 Å². The third kappa shape index (κ3) is 4.60. The first kappa shape index (κ1) is 25.0. The van der Waals surface area contributed by atoms with E-state index in [1.54, 1.807) is 0 Å². The number of aliphatic hydroxyl groups excluding tert-OH is 1. The Balaban J connectivity index is 1.55. The Morgan fingerprint density at radius 1 is 1.19 bits per heavy atom. The fraction of sp³-hybridized carbons (Fsp3) is 0.346. The van der Waals surface area contributed by atoms with Crippen LogP contribution in [-0.4, -0.2) is 40.1 Å². The largest absolute Gasteiger partial charge is 0.397 e. The maximum atomic E-state index is 14.7. The monoisotopic (exact) mass is 512 g/mol. The van der Waals surface area contributed by atoms with Crippen molar-refractivity contribution in [1.29, 1.82) is 0 Å². The van der Waals surface area contributed by atoms with Gasteiger partial charge in [-0.1, -0.05) is 13.0 Å². The first-order valence-electron chi connectivity index (χ1n) is 12.1. The van der Waals surface area contributed by atoms with E-state index in [2.05, 4.69) is 27.1 Å². The Kier molecular flexibility index (Phi) is 6.50. The van der Waals surface area contributed by atoms with E-state index < -0.39 is 46.4 Å². The van der Waals surface area contributed by atoms with Gasteiger partial charge in [-0.3, -0.25) is 9.78 Å². The Morgan fingerprint density at radius 3 is 2.62 bits per heavy atom. The smallest absolute Gasteiger partial charge is 0.276 e. The van der Waals surface area contributed by atoms with Crippen LogP contribution < -0.4 is 21.7 Å². The van der Waals surface area contributed by atoms with Crippen molar-refractivity contribution in [3.8, 4) is 11.3 Å². The van der Waals surface area contributed by atoms with Crippen LogP contribution in [0.5, 0.6) is 0 Å². The van der Waals surface area contributed by atoms with E-state index in [-0.39, 0.29) is 11.7 Å². The molecule has 37 heavy (non-hydrogen) atoms. The lowest BCUT2D eigenvalue weighted by Gasteiger charge is -2.38. The van der Waals surface area contributed by atoms with Crippen molar-refractivity contribution in [2.24, 2.45) is 11.7 Å². The number of carbonyl (C=O) groups is 1. The zero-order chi connectivity index (χ0) is 26.4. The molecule has 0 spiro atoms. The maximum Gasteiger partial charge on any atom is 0.276 e. The van der Waals surface area contributed by atoms with E-state index in [9.17, 15) is 23.1 Å². The molecule has 1 aromatic carbocycles. The van der Waals surface area contributed by atoms with Gasteiger partial charge in [0.25, 0.3) is 5.91 Å². The highest BCUT2D eigenvalue weighted by Crippen LogP contribution is 2.42. The van der Waals surface area contributed by atoms with Crippen molar-refractivity contribution < 1.29 is 23.1 Å². The number of hydrogen-bond donors (Lipinski definition) is 4. The van der Waals surface area contributed by atoms with Gasteiger partial charge in [-0.05, 0) is 37.3 Å². The maximum absolute atomic E-state index is 14.7. The fourth-order valence-electron chi connectivity index (χ4n) is 5.31. The molecule has 3 atom stereocenters. The molecule has 1 aliphatic carbocycles. The number of rotatable bonds is 4. The molecule has 6 N–H and O–H groups in total. The SMILES string of the molecule is C[C@@H]1C[C@H](N)CN(c2c(NC(=O)c3nc(-c4c(F)cccc4F)c(F)cc3N)cnc3c2CCC3O)C1. The highest BCUT2D eigenvalue weighted by atomic mass is 19.1. The van der Waals surface area contributed by atoms with Gasteiger partial charge in [-0.2, -0.15) is 0 Å². The van der Waals surface area contributed by atoms with Gasteiger partial charge in [0, 0.05) is 30.8 Å². The number of aromatic nitrogens is 2. The summed E-state index contributed by atoms with van der Waals surface area (Å²) in [5.74, 6) is -3.62. The van der Waals surface area contributed by atoms with Crippen molar-refractivity contribution in [3.05, 3.63) is 64.9 Å². The molecule has 0 saturated carbocycles. The van der Waals surface area contributed by atoms with Gasteiger partial charge < -0.3 is 26.8 Å². The van der Waals surface area contributed by atoms with Gasteiger partial charge in [0.15, 0.2) is 11.5 Å². The average Bonchev–Trinajstić information content (AvgIpc) is 3.20. The van der Waals surface area contributed by atoms with E-state index >= 15 is 0 Å². The number of halogens is 3. The summed E-state index contributed by atoms with van der Waals surface area (Å²) in [6.45, 7) is 3.33. The third-order valence-electron chi connectivity index (χ3n) is 6.84. The minimum atomic E-state index is -1.07. The van der Waals surface area contributed by atoms with Crippen LogP contribution in [0.15, 0.2) is 30.5 Å². The quantitative estimate of drug-likeness (QED) is 0.421. The molecule has 1 aliphatic heterocycles. The van der Waals surface area contributed by atoms with Gasteiger partial charge in [0.1, 0.15) is 17.3 Å². The number of nitrogens with zero attached hydrogens (tertiary/aromatic N) is 3. The number of aliphatic hydroxyl groups is 1. The molecule has 2 aromatic heterocycles. The number of hydrogen-bond acceptors (Lipinski definition) is 7. The number of nitrogens with two attached hydrogens (primary N) is 2. The summed E-state index contributed by atoms with van der Waals surface area (Å²) in [6, 6.07) is 3.82. The fourth-order valence-corrected chi connectivity index (χ4v) is 5.31. The van der Waals surface area contributed by atoms with Crippen LogP contribution in [0.4, 0.5) is 30.2 Å². The number of anilines is 3. The summed E-state index contributed by atoms with van der Waals surface area (Å²) in [7, 11) is 0. The highest BCUT2D eigenvalue weighted by molar-refractivity contribution is 6.08. The van der Waals surface area contributed by atoms with Crippen molar-refractivity contribution in [2.75, 3.05) is 29.0 Å². The van der Waals surface area contributed by atoms with E-state index in [0.29, 0.717) is 48.9 Å². The van der Waals surface area contributed by atoms with Crippen molar-refractivity contribution in [1.82, 2.24) is 9.97 Å². The first-order chi connectivity index (χ1) is 17.6. The number of carbonyl (C=O) groups excluding carboxylic acids is 1. The summed E-state index contributed by atoms with van der Waals surface area (Å²) in [4.78, 5) is 23.7. The number of nitrogens with one attached hydrogen (secondary N) is 1. The molecule has 1 amide bonds. The number of nitrogen functional groups attached to an aromatic ring is 1. The molecule has 1 fully saturated rings. The Hall–Kier alpha value is -3.70. The molecule has 5 rings (SSSR count). The Morgan fingerprint density at radius 2 is 1.92 bits per heavy atom. The summed E-state index contributed by atoms with van der Waals surface area (Å²) in [5.41, 5.74) is 12.6. The molecule has 8 nitrogen and oxygen atoms in total. The third-order valence-corrected chi connectivity index (χ3v) is 6.84. The minimum Gasteiger partial charge on any atom is -0.397 e. The van der Waals surface area contributed by atoms with E-state index in [1.807, 2.05) is 0 Å². The van der Waals surface area contributed by atoms with Crippen LogP contribution in [0.2, 0.25) is 0 Å². The zero-order valence-electron chi connectivity index (χ0n) is 20.1. The average molecular weight is 513 g/mol. The zero-order valence-corrected chi connectivity index (χ0v) is 20.1. The lowest BCUT2D eigenvalue weighted by molar-refractivity contribution is 0.102. The molecule has 3 heterocycles. The number of piperidine rings is 1. The van der Waals surface area contributed by atoms with Crippen LogP contribution in [-0.2, 0) is 6.42 Å². The summed E-state index contributed by atoms with van der Waals surface area (Å²) in [5, 5.41) is 13.1. The standard InChI is InChI=1S/C26H27F3N6O2/c1-12-7-13(30)11-35(10-12)25-14-5-6-20(36)22(14)32-9-19(25)33-26(37)24-18(31)8-17(29)23(34-24)21-15(27)3-2-4-16(21)28/h2-4,8-9,12-13,20,36H,5-7,10-11,30-31H2,1H3,(H,33,37)/t12-,13+,20?/m1/s1. The number of benzene rings is 1. The Labute approximate surface area is 211 Å². The second-order valence-electron chi connectivity index (χ2n) is 9.75. The first-order valence-corrected chi connectivity index (χ1v) is 12.1. The lowest BCUT2D eigenvalue weighted by atomic mass is 9.95. The van der Waals surface area contributed by atoms with Gasteiger partial charge in [-0.15, -0.1) is 0 Å². The molecule has 11 heteroatoms. The topological polar surface area (TPSA) is 130 Å². The van der Waals surface area contributed by atoms with Gasteiger partial charge >= 0.3 is 0 Å². The van der Waals surface area contributed by atoms with Crippen molar-refractivity contribution in [2.45, 2.75) is 38.3 Å². The normalized spacial score (nSPS) is 21.1. The molecular weight excluding hydrogens is 485 g/mol. The number of pyridine rings is 2. The van der Waals surface area contributed by atoms with Crippen LogP contribution >= 0.6 is 0 Å². The number of fused-ring (bicyclic) bond motifs is 1. The van der Waals surface area contributed by atoms with Gasteiger partial charge in [-0.25, -0.2) is 18.2 Å². The molecule has 2 aliphatic rings. The summed E-state index contributed by atoms with van der Waals surface area (Å²) < 4.78 is 43.4. The van der Waals surface area contributed by atoms with E-state index in [0.717, 1.165) is 36.2 Å². The van der Waals surface area contributed by atoms with E-state index in [1.165, 1.54) is 6.20 Å². The lowest BCUT2D eigenvalue weighted by Crippen LogP contribution is -2.47. The van der Waals surface area contributed by atoms with Crippen molar-refractivity contribution >= 4 is 23.0 Å². The summed E-state index contributed by atoms with van der Waals surface area (Å²) in [6.07, 6.45) is 2.67. The van der Waals surface area contributed by atoms with Crippen LogP contribution in [0.1, 0.15) is 47.6 Å². The van der Waals surface area contributed by atoms with Crippen LogP contribution in [0.3, 0.4) is 0 Å². The molecule has 0 bridgehead atoms. The second-order valence-corrected chi connectivity index (χ2v) is 9.75. The van der Waals surface area contributed by atoms with Gasteiger partial charge in [0.05, 0.1) is 40.6 Å². The predicted octanol–water partition coefficient (Wildman–Crippen LogP) is 3.55. The van der Waals surface area contributed by atoms with Gasteiger partial charge in [0.2, 0.25) is 0 Å². The molecule has 1 unspecified atom stereocenters. The molecule has 1 saturated heterocycles. The molecule has 0 radical (unpaired) electrons. The second kappa shape index (κ2) is 9.64.